The number of para-hydroxylation sites is 1. The Kier molecular flexibility index (Phi) is 5.67. The van der Waals surface area contributed by atoms with E-state index in [1.807, 2.05) is 29.6 Å². The van der Waals surface area contributed by atoms with Crippen LogP contribution in [0.15, 0.2) is 77.2 Å². The molecule has 0 unspecified atom stereocenters. The largest absolute Gasteiger partial charge is 0.321 e. The summed E-state index contributed by atoms with van der Waals surface area (Å²) in [5, 5.41) is 12.9. The smallest absolute Gasteiger partial charge is 0.271 e. The number of carbonyl (C=O) groups is 3. The van der Waals surface area contributed by atoms with Crippen molar-refractivity contribution < 1.29 is 14.4 Å². The van der Waals surface area contributed by atoms with Crippen LogP contribution in [0.1, 0.15) is 22.5 Å². The van der Waals surface area contributed by atoms with Crippen LogP contribution in [-0.4, -0.2) is 23.4 Å². The van der Waals surface area contributed by atoms with Crippen molar-refractivity contribution in [1.82, 2.24) is 0 Å². The highest BCUT2D eigenvalue weighted by Crippen LogP contribution is 2.21. The molecule has 0 saturated carbocycles. The summed E-state index contributed by atoms with van der Waals surface area (Å²) in [6.45, 7) is 0. The van der Waals surface area contributed by atoms with Gasteiger partial charge in [0, 0.05) is 24.2 Å². The third kappa shape index (κ3) is 4.44. The fourth-order valence-electron chi connectivity index (χ4n) is 2.97. The van der Waals surface area contributed by atoms with Crippen molar-refractivity contribution in [3.63, 3.8) is 0 Å². The molecule has 1 aliphatic rings. The van der Waals surface area contributed by atoms with E-state index in [0.29, 0.717) is 21.9 Å². The number of benzene rings is 2. The minimum Gasteiger partial charge on any atom is -0.321 e. The van der Waals surface area contributed by atoms with Gasteiger partial charge in [-0.1, -0.05) is 30.3 Å². The zero-order valence-electron chi connectivity index (χ0n) is 15.9. The Morgan fingerprint density at radius 3 is 2.30 bits per heavy atom. The van der Waals surface area contributed by atoms with Gasteiger partial charge < -0.3 is 10.6 Å². The van der Waals surface area contributed by atoms with E-state index in [0.717, 1.165) is 0 Å². The number of carbonyl (C=O) groups excluding carboxylic acids is 3. The van der Waals surface area contributed by atoms with Crippen LogP contribution >= 0.6 is 11.3 Å². The monoisotopic (exact) mass is 418 g/mol. The highest BCUT2D eigenvalue weighted by atomic mass is 32.1. The molecular formula is C22H18N4O3S. The van der Waals surface area contributed by atoms with Gasteiger partial charge in [0.05, 0.1) is 10.6 Å². The van der Waals surface area contributed by atoms with Gasteiger partial charge in [-0.15, -0.1) is 11.3 Å². The third-order valence-electron chi connectivity index (χ3n) is 4.42. The molecule has 8 heteroatoms. The number of hydrogen-bond donors (Lipinski definition) is 2. The molecule has 0 saturated heterocycles. The molecule has 4 rings (SSSR count). The van der Waals surface area contributed by atoms with Gasteiger partial charge in [0.15, 0.2) is 0 Å². The third-order valence-corrected chi connectivity index (χ3v) is 5.29. The van der Waals surface area contributed by atoms with Gasteiger partial charge in [-0.3, -0.25) is 14.4 Å². The number of nitrogens with one attached hydrogen (secondary N) is 2. The SMILES string of the molecule is O=C(Nc1cccc(NC(=O)c2cccs2)c1)C1=NN(c2ccccc2)C(=O)CC1. The zero-order chi connectivity index (χ0) is 20.9. The van der Waals surface area contributed by atoms with Gasteiger partial charge in [-0.25, -0.2) is 5.01 Å². The van der Waals surface area contributed by atoms with Crippen molar-refractivity contribution in [2.24, 2.45) is 5.10 Å². The van der Waals surface area contributed by atoms with Gasteiger partial charge in [0.2, 0.25) is 5.91 Å². The lowest BCUT2D eigenvalue weighted by Gasteiger charge is -2.23. The molecule has 150 valence electrons. The van der Waals surface area contributed by atoms with Gasteiger partial charge in [-0.05, 0) is 41.8 Å². The van der Waals surface area contributed by atoms with E-state index in [9.17, 15) is 14.4 Å². The average molecular weight is 418 g/mol. The molecule has 1 aliphatic heterocycles. The zero-order valence-corrected chi connectivity index (χ0v) is 16.7. The molecule has 2 aromatic carbocycles. The van der Waals surface area contributed by atoms with Crippen molar-refractivity contribution >= 4 is 51.8 Å². The predicted molar refractivity (Wildman–Crippen MR) is 118 cm³/mol. The first-order valence-electron chi connectivity index (χ1n) is 9.32. The normalized spacial score (nSPS) is 13.5. The summed E-state index contributed by atoms with van der Waals surface area (Å²) in [7, 11) is 0. The number of anilines is 3. The number of thiophene rings is 1. The van der Waals surface area contributed by atoms with E-state index in [4.69, 9.17) is 0 Å². The maximum atomic E-state index is 12.7. The summed E-state index contributed by atoms with van der Waals surface area (Å²) in [5.74, 6) is -0.747. The van der Waals surface area contributed by atoms with Gasteiger partial charge in [0.1, 0.15) is 5.71 Å². The topological polar surface area (TPSA) is 90.9 Å². The van der Waals surface area contributed by atoms with Crippen LogP contribution in [0.4, 0.5) is 17.1 Å². The molecule has 2 heterocycles. The molecule has 2 N–H and O–H groups in total. The lowest BCUT2D eigenvalue weighted by Crippen LogP contribution is -2.36. The molecule has 0 radical (unpaired) electrons. The van der Waals surface area contributed by atoms with Crippen LogP contribution in [0.25, 0.3) is 0 Å². The van der Waals surface area contributed by atoms with Gasteiger partial charge >= 0.3 is 0 Å². The van der Waals surface area contributed by atoms with Crippen LogP contribution in [0, 0.1) is 0 Å². The summed E-state index contributed by atoms with van der Waals surface area (Å²) in [6, 6.07) is 19.4. The molecule has 0 fully saturated rings. The number of amides is 3. The summed E-state index contributed by atoms with van der Waals surface area (Å²) >= 11 is 1.35. The first kappa shape index (κ1) is 19.5. The lowest BCUT2D eigenvalue weighted by molar-refractivity contribution is -0.118. The second-order valence-electron chi connectivity index (χ2n) is 6.55. The molecule has 30 heavy (non-hydrogen) atoms. The van der Waals surface area contributed by atoms with Crippen LogP contribution in [0.3, 0.4) is 0 Å². The number of hydrogen-bond acceptors (Lipinski definition) is 5. The van der Waals surface area contributed by atoms with Crippen molar-refractivity contribution in [2.45, 2.75) is 12.8 Å². The van der Waals surface area contributed by atoms with Crippen LogP contribution in [0.2, 0.25) is 0 Å². The minimum atomic E-state index is -0.384. The fourth-order valence-corrected chi connectivity index (χ4v) is 3.58. The van der Waals surface area contributed by atoms with E-state index in [2.05, 4.69) is 15.7 Å². The molecular weight excluding hydrogens is 400 g/mol. The van der Waals surface area contributed by atoms with Crippen molar-refractivity contribution in [3.8, 4) is 0 Å². The summed E-state index contributed by atoms with van der Waals surface area (Å²) in [4.78, 5) is 37.7. The maximum absolute atomic E-state index is 12.7. The molecule has 3 amide bonds. The molecule has 0 atom stereocenters. The van der Waals surface area contributed by atoms with E-state index >= 15 is 0 Å². The second kappa shape index (κ2) is 8.71. The van der Waals surface area contributed by atoms with Crippen LogP contribution < -0.4 is 15.6 Å². The minimum absolute atomic E-state index is 0.156. The summed E-state index contributed by atoms with van der Waals surface area (Å²) < 4.78 is 0. The quantitative estimate of drug-likeness (QED) is 0.653. The van der Waals surface area contributed by atoms with Crippen molar-refractivity contribution in [3.05, 3.63) is 77.0 Å². The van der Waals surface area contributed by atoms with Gasteiger partial charge in [0.25, 0.3) is 11.8 Å². The average Bonchev–Trinajstić information content (AvgIpc) is 3.30. The maximum Gasteiger partial charge on any atom is 0.271 e. The Hall–Kier alpha value is -3.78. The molecule has 0 bridgehead atoms. The molecule has 3 aromatic rings. The van der Waals surface area contributed by atoms with Crippen LogP contribution in [-0.2, 0) is 9.59 Å². The predicted octanol–water partition coefficient (Wildman–Crippen LogP) is 4.12. The summed E-state index contributed by atoms with van der Waals surface area (Å²) in [5.41, 5.74) is 1.98. The van der Waals surface area contributed by atoms with E-state index in [1.165, 1.54) is 16.3 Å². The van der Waals surface area contributed by atoms with Crippen LogP contribution in [0.5, 0.6) is 0 Å². The Balaban J connectivity index is 1.47. The highest BCUT2D eigenvalue weighted by molar-refractivity contribution is 7.12. The molecule has 0 spiro atoms. The first-order valence-corrected chi connectivity index (χ1v) is 10.2. The molecule has 7 nitrogen and oxygen atoms in total. The highest BCUT2D eigenvalue weighted by Gasteiger charge is 2.25. The first-order chi connectivity index (χ1) is 14.6. The Morgan fingerprint density at radius 2 is 1.60 bits per heavy atom. The van der Waals surface area contributed by atoms with E-state index in [-0.39, 0.29) is 36.3 Å². The van der Waals surface area contributed by atoms with Crippen molar-refractivity contribution in [1.29, 1.82) is 0 Å². The molecule has 1 aromatic heterocycles. The van der Waals surface area contributed by atoms with E-state index in [1.54, 1.807) is 42.5 Å². The van der Waals surface area contributed by atoms with Crippen molar-refractivity contribution in [2.75, 3.05) is 15.6 Å². The summed E-state index contributed by atoms with van der Waals surface area (Å²) in [6.07, 6.45) is 0.473. The second-order valence-corrected chi connectivity index (χ2v) is 7.50. The Morgan fingerprint density at radius 1 is 0.867 bits per heavy atom. The lowest BCUT2D eigenvalue weighted by atomic mass is 10.1. The Labute approximate surface area is 177 Å². The number of hydrazone groups is 1. The Bertz CT molecular complexity index is 1110. The fraction of sp³-hybridized carbons (Fsp3) is 0.0909. The number of rotatable bonds is 5. The molecule has 0 aliphatic carbocycles. The standard InChI is InChI=1S/C22H18N4O3S/c27-20-12-11-18(25-26(20)17-8-2-1-3-9-17)21(28)23-15-6-4-7-16(14-15)24-22(29)19-10-5-13-30-19/h1-10,13-14H,11-12H2,(H,23,28)(H,24,29). The number of nitrogens with zero attached hydrogens (tertiary/aromatic N) is 2. The van der Waals surface area contributed by atoms with Gasteiger partial charge in [-0.2, -0.15) is 5.10 Å². The van der Waals surface area contributed by atoms with E-state index < -0.39 is 0 Å².